The second-order valence-corrected chi connectivity index (χ2v) is 4.23. The lowest BCUT2D eigenvalue weighted by Crippen LogP contribution is -2.01. The zero-order valence-corrected chi connectivity index (χ0v) is 10.7. The Labute approximate surface area is 111 Å². The van der Waals surface area contributed by atoms with Crippen LogP contribution in [-0.4, -0.2) is 21.3 Å². The lowest BCUT2D eigenvalue weighted by atomic mass is 10.1. The summed E-state index contributed by atoms with van der Waals surface area (Å²) in [5, 5.41) is 8.67. The molecule has 1 N–H and O–H groups in total. The average Bonchev–Trinajstić information content (AvgIpc) is 2.75. The summed E-state index contributed by atoms with van der Waals surface area (Å²) in [4.78, 5) is 4.13. The molecule has 0 aliphatic heterocycles. The molecule has 98 valence electrons. The maximum absolute atomic E-state index is 13.5. The van der Waals surface area contributed by atoms with E-state index in [1.165, 1.54) is 12.1 Å². The number of aryl methyl sites for hydroxylation is 1. The van der Waals surface area contributed by atoms with Gasteiger partial charge in [0.15, 0.2) is 0 Å². The molecule has 1 aromatic carbocycles. The number of benzene rings is 1. The molecule has 19 heavy (non-hydrogen) atoms. The molecule has 3 nitrogen and oxygen atoms in total. The number of halogens is 1. The van der Waals surface area contributed by atoms with E-state index in [0.717, 1.165) is 11.4 Å². The van der Waals surface area contributed by atoms with Crippen molar-refractivity contribution in [3.05, 3.63) is 53.4 Å². The Morgan fingerprint density at radius 2 is 2.21 bits per heavy atom. The third-order valence-electron chi connectivity index (χ3n) is 2.70. The Bertz CT molecular complexity index is 623. The van der Waals surface area contributed by atoms with Gasteiger partial charge in [-0.25, -0.2) is 9.37 Å². The van der Waals surface area contributed by atoms with E-state index in [0.29, 0.717) is 18.5 Å². The van der Waals surface area contributed by atoms with Crippen molar-refractivity contribution in [3.63, 3.8) is 0 Å². The van der Waals surface area contributed by atoms with Crippen LogP contribution >= 0.6 is 0 Å². The van der Waals surface area contributed by atoms with Gasteiger partial charge in [-0.2, -0.15) is 0 Å². The Hall–Kier alpha value is -2.12. The highest BCUT2D eigenvalue weighted by molar-refractivity contribution is 5.38. The molecule has 0 atom stereocenters. The summed E-state index contributed by atoms with van der Waals surface area (Å²) in [5.41, 5.74) is 1.47. The number of aliphatic hydroxyl groups excluding tert-OH is 1. The van der Waals surface area contributed by atoms with Gasteiger partial charge >= 0.3 is 0 Å². The number of hydrogen-bond donors (Lipinski definition) is 1. The molecule has 0 saturated heterocycles. The van der Waals surface area contributed by atoms with Crippen molar-refractivity contribution in [2.45, 2.75) is 19.9 Å². The average molecular weight is 258 g/mol. The van der Waals surface area contributed by atoms with Crippen molar-refractivity contribution in [3.8, 4) is 11.8 Å². The molecule has 1 aromatic heterocycles. The predicted octanol–water partition coefficient (Wildman–Crippen LogP) is 2.11. The summed E-state index contributed by atoms with van der Waals surface area (Å²) in [6.07, 6.45) is 3.97. The van der Waals surface area contributed by atoms with Crippen LogP contribution in [0.15, 0.2) is 30.6 Å². The molecule has 0 aliphatic rings. The van der Waals surface area contributed by atoms with Crippen LogP contribution in [0.2, 0.25) is 0 Å². The van der Waals surface area contributed by atoms with E-state index in [-0.39, 0.29) is 12.4 Å². The van der Waals surface area contributed by atoms with Crippen molar-refractivity contribution < 1.29 is 9.50 Å². The molecule has 0 bridgehead atoms. The number of nitrogens with zero attached hydrogens (tertiary/aromatic N) is 2. The smallest absolute Gasteiger partial charge is 0.124 e. The van der Waals surface area contributed by atoms with E-state index in [4.69, 9.17) is 5.11 Å². The lowest BCUT2D eigenvalue weighted by molar-refractivity contribution is 0.305. The van der Waals surface area contributed by atoms with Crippen LogP contribution in [-0.2, 0) is 6.54 Å². The van der Waals surface area contributed by atoms with E-state index in [1.54, 1.807) is 6.20 Å². The summed E-state index contributed by atoms with van der Waals surface area (Å²) in [5.74, 6) is 6.22. The fourth-order valence-corrected chi connectivity index (χ4v) is 1.80. The monoisotopic (exact) mass is 258 g/mol. The standard InChI is InChI=1S/C15H15FN2O/c1-12-17-5-6-18(12)11-14-8-13(4-2-3-7-19)9-15(16)10-14/h5-6,8-10,19H,3,7,11H2,1H3. The summed E-state index contributed by atoms with van der Waals surface area (Å²) in [6, 6.07) is 4.75. The largest absolute Gasteiger partial charge is 0.395 e. The maximum atomic E-state index is 13.5. The minimum Gasteiger partial charge on any atom is -0.395 e. The molecule has 1 heterocycles. The first kappa shape index (κ1) is 13.3. The first-order chi connectivity index (χ1) is 9.19. The zero-order chi connectivity index (χ0) is 13.7. The van der Waals surface area contributed by atoms with Gasteiger partial charge in [0, 0.05) is 30.9 Å². The minimum absolute atomic E-state index is 0.0173. The summed E-state index contributed by atoms with van der Waals surface area (Å²) in [6.45, 7) is 2.49. The number of aromatic nitrogens is 2. The molecule has 0 fully saturated rings. The molecule has 0 amide bonds. The summed E-state index contributed by atoms with van der Waals surface area (Å²) < 4.78 is 15.5. The lowest BCUT2D eigenvalue weighted by Gasteiger charge is -2.06. The first-order valence-corrected chi connectivity index (χ1v) is 6.06. The highest BCUT2D eigenvalue weighted by atomic mass is 19.1. The second kappa shape index (κ2) is 6.17. The number of hydrogen-bond acceptors (Lipinski definition) is 2. The Balaban J connectivity index is 2.22. The van der Waals surface area contributed by atoms with Crippen LogP contribution in [0.4, 0.5) is 4.39 Å². The second-order valence-electron chi connectivity index (χ2n) is 4.23. The fraction of sp³-hybridized carbons (Fsp3) is 0.267. The van der Waals surface area contributed by atoms with Crippen molar-refractivity contribution in [1.29, 1.82) is 0 Å². The van der Waals surface area contributed by atoms with E-state index >= 15 is 0 Å². The van der Waals surface area contributed by atoms with Gasteiger partial charge in [0.1, 0.15) is 11.6 Å². The Kier molecular flexibility index (Phi) is 4.32. The van der Waals surface area contributed by atoms with Crippen molar-refractivity contribution in [2.24, 2.45) is 0 Å². The molecule has 0 unspecified atom stereocenters. The summed E-state index contributed by atoms with van der Waals surface area (Å²) >= 11 is 0. The third kappa shape index (κ3) is 3.67. The van der Waals surface area contributed by atoms with Crippen molar-refractivity contribution in [2.75, 3.05) is 6.61 Å². The molecule has 2 aromatic rings. The van der Waals surface area contributed by atoms with Gasteiger partial charge in [-0.05, 0) is 30.7 Å². The highest BCUT2D eigenvalue weighted by Gasteiger charge is 2.02. The van der Waals surface area contributed by atoms with Gasteiger partial charge in [-0.3, -0.25) is 0 Å². The number of imidazole rings is 1. The van der Waals surface area contributed by atoms with Gasteiger partial charge in [0.25, 0.3) is 0 Å². The van der Waals surface area contributed by atoms with E-state index < -0.39 is 0 Å². The minimum atomic E-state index is -0.302. The number of aliphatic hydroxyl groups is 1. The molecular formula is C15H15FN2O. The molecule has 0 radical (unpaired) electrons. The van der Waals surface area contributed by atoms with E-state index in [9.17, 15) is 4.39 Å². The van der Waals surface area contributed by atoms with Crippen molar-refractivity contribution >= 4 is 0 Å². The Morgan fingerprint density at radius 3 is 2.89 bits per heavy atom. The predicted molar refractivity (Wildman–Crippen MR) is 71.0 cm³/mol. The molecular weight excluding hydrogens is 243 g/mol. The molecule has 0 aliphatic carbocycles. The topological polar surface area (TPSA) is 38.0 Å². The van der Waals surface area contributed by atoms with Gasteiger partial charge in [-0.15, -0.1) is 0 Å². The number of rotatable bonds is 3. The molecule has 4 heteroatoms. The van der Waals surface area contributed by atoms with Crippen LogP contribution in [0.25, 0.3) is 0 Å². The normalized spacial score (nSPS) is 10.1. The highest BCUT2D eigenvalue weighted by Crippen LogP contribution is 2.11. The third-order valence-corrected chi connectivity index (χ3v) is 2.70. The summed E-state index contributed by atoms with van der Waals surface area (Å²) in [7, 11) is 0. The zero-order valence-electron chi connectivity index (χ0n) is 10.7. The van der Waals surface area contributed by atoms with E-state index in [2.05, 4.69) is 16.8 Å². The first-order valence-electron chi connectivity index (χ1n) is 6.06. The fourth-order valence-electron chi connectivity index (χ4n) is 1.80. The molecule has 0 spiro atoms. The Morgan fingerprint density at radius 1 is 1.37 bits per heavy atom. The SMILES string of the molecule is Cc1nccn1Cc1cc(F)cc(C#CCCO)c1. The maximum Gasteiger partial charge on any atom is 0.124 e. The van der Waals surface area contributed by atoms with Gasteiger partial charge in [-0.1, -0.05) is 11.8 Å². The van der Waals surface area contributed by atoms with Gasteiger partial charge in [0.2, 0.25) is 0 Å². The molecule has 2 rings (SSSR count). The van der Waals surface area contributed by atoms with Gasteiger partial charge < -0.3 is 9.67 Å². The molecule has 0 saturated carbocycles. The van der Waals surface area contributed by atoms with Crippen LogP contribution in [0.3, 0.4) is 0 Å². The quantitative estimate of drug-likeness (QED) is 0.856. The van der Waals surface area contributed by atoms with Crippen LogP contribution < -0.4 is 0 Å². The van der Waals surface area contributed by atoms with E-state index in [1.807, 2.05) is 23.8 Å². The van der Waals surface area contributed by atoms with Gasteiger partial charge in [0.05, 0.1) is 6.61 Å². The van der Waals surface area contributed by atoms with Crippen LogP contribution in [0.5, 0.6) is 0 Å². The van der Waals surface area contributed by atoms with Crippen LogP contribution in [0.1, 0.15) is 23.4 Å². The van der Waals surface area contributed by atoms with Crippen molar-refractivity contribution in [1.82, 2.24) is 9.55 Å². The van der Waals surface area contributed by atoms with Crippen LogP contribution in [0, 0.1) is 24.6 Å².